The number of hydrogen-bond acceptors (Lipinski definition) is 1. The first-order valence-corrected chi connectivity index (χ1v) is 7.77. The Morgan fingerprint density at radius 1 is 0.708 bits per heavy atom. The van der Waals surface area contributed by atoms with Crippen LogP contribution in [0.1, 0.15) is 0 Å². The van der Waals surface area contributed by atoms with Gasteiger partial charge in [0.25, 0.3) is 0 Å². The van der Waals surface area contributed by atoms with Crippen molar-refractivity contribution in [1.82, 2.24) is 9.55 Å². The van der Waals surface area contributed by atoms with E-state index in [4.69, 9.17) is 0 Å². The minimum atomic E-state index is -0.249. The van der Waals surface area contributed by atoms with E-state index in [2.05, 4.69) is 29.2 Å². The van der Waals surface area contributed by atoms with Crippen LogP contribution in [-0.4, -0.2) is 9.55 Å². The Morgan fingerprint density at radius 2 is 1.42 bits per heavy atom. The number of nitrogens with zero attached hydrogens (tertiary/aromatic N) is 2. The molecule has 4 rings (SSSR count). The van der Waals surface area contributed by atoms with E-state index in [1.54, 1.807) is 18.3 Å². The van der Waals surface area contributed by atoms with Crippen LogP contribution in [0.25, 0.3) is 28.2 Å². The van der Waals surface area contributed by atoms with Gasteiger partial charge in [0.2, 0.25) is 0 Å². The van der Waals surface area contributed by atoms with Crippen molar-refractivity contribution in [3.05, 3.63) is 97.1 Å². The Balaban J connectivity index is 1.87. The molecule has 0 aliphatic heterocycles. The fraction of sp³-hybridized carbons (Fsp3) is 0. The molecule has 116 valence electrons. The lowest BCUT2D eigenvalue weighted by molar-refractivity contribution is 0.628. The molecule has 0 fully saturated rings. The maximum atomic E-state index is 13.2. The standard InChI is InChI=1S/C21H15FN2/c22-18-12-10-17(11-13-18)21-23-14-15-24(21)20-9-5-4-8-19(20)16-6-2-1-3-7-16/h1-15H. The zero-order valence-corrected chi connectivity index (χ0v) is 12.9. The Kier molecular flexibility index (Phi) is 3.67. The molecule has 0 aliphatic rings. The fourth-order valence-electron chi connectivity index (χ4n) is 2.86. The van der Waals surface area contributed by atoms with Gasteiger partial charge in [0.05, 0.1) is 5.69 Å². The molecule has 0 atom stereocenters. The summed E-state index contributed by atoms with van der Waals surface area (Å²) in [4.78, 5) is 4.47. The predicted octanol–water partition coefficient (Wildman–Crippen LogP) is 5.35. The molecule has 0 spiro atoms. The van der Waals surface area contributed by atoms with Gasteiger partial charge in [-0.15, -0.1) is 0 Å². The van der Waals surface area contributed by atoms with Gasteiger partial charge in [-0.3, -0.25) is 4.57 Å². The van der Waals surface area contributed by atoms with Crippen LogP contribution in [0.2, 0.25) is 0 Å². The van der Waals surface area contributed by atoms with Gasteiger partial charge in [0.15, 0.2) is 0 Å². The summed E-state index contributed by atoms with van der Waals surface area (Å²) in [7, 11) is 0. The second-order valence-corrected chi connectivity index (χ2v) is 5.51. The van der Waals surface area contributed by atoms with Gasteiger partial charge in [0, 0.05) is 23.5 Å². The Labute approximate surface area is 139 Å². The zero-order chi connectivity index (χ0) is 16.4. The average molecular weight is 314 g/mol. The van der Waals surface area contributed by atoms with Gasteiger partial charge in [0.1, 0.15) is 11.6 Å². The zero-order valence-electron chi connectivity index (χ0n) is 12.9. The van der Waals surface area contributed by atoms with Crippen molar-refractivity contribution >= 4 is 0 Å². The topological polar surface area (TPSA) is 17.8 Å². The number of hydrogen-bond donors (Lipinski definition) is 0. The van der Waals surface area contributed by atoms with Crippen molar-refractivity contribution < 1.29 is 4.39 Å². The van der Waals surface area contributed by atoms with Crippen LogP contribution >= 0.6 is 0 Å². The van der Waals surface area contributed by atoms with Crippen molar-refractivity contribution in [2.45, 2.75) is 0 Å². The quantitative estimate of drug-likeness (QED) is 0.499. The summed E-state index contributed by atoms with van der Waals surface area (Å²) in [6.07, 6.45) is 3.70. The minimum absolute atomic E-state index is 0.249. The minimum Gasteiger partial charge on any atom is -0.299 e. The van der Waals surface area contributed by atoms with Crippen molar-refractivity contribution in [1.29, 1.82) is 0 Å². The second-order valence-electron chi connectivity index (χ2n) is 5.51. The summed E-state index contributed by atoms with van der Waals surface area (Å²) in [5, 5.41) is 0. The van der Waals surface area contributed by atoms with E-state index in [0.717, 1.165) is 28.2 Å². The number of imidazole rings is 1. The van der Waals surface area contributed by atoms with Crippen LogP contribution in [0.4, 0.5) is 4.39 Å². The van der Waals surface area contributed by atoms with E-state index in [0.29, 0.717) is 0 Å². The van der Waals surface area contributed by atoms with E-state index < -0.39 is 0 Å². The number of benzene rings is 3. The molecule has 0 amide bonds. The summed E-state index contributed by atoms with van der Waals surface area (Å²) < 4.78 is 15.2. The third-order valence-electron chi connectivity index (χ3n) is 3.99. The van der Waals surface area contributed by atoms with E-state index in [-0.39, 0.29) is 5.82 Å². The maximum Gasteiger partial charge on any atom is 0.144 e. The highest BCUT2D eigenvalue weighted by atomic mass is 19.1. The van der Waals surface area contributed by atoms with Crippen molar-refractivity contribution in [2.24, 2.45) is 0 Å². The molecule has 0 unspecified atom stereocenters. The average Bonchev–Trinajstić information content (AvgIpc) is 3.13. The van der Waals surface area contributed by atoms with Gasteiger partial charge in [-0.05, 0) is 35.9 Å². The van der Waals surface area contributed by atoms with E-state index in [9.17, 15) is 4.39 Å². The van der Waals surface area contributed by atoms with E-state index >= 15 is 0 Å². The first kappa shape index (κ1) is 14.4. The van der Waals surface area contributed by atoms with Crippen LogP contribution in [0, 0.1) is 5.82 Å². The Bertz CT molecular complexity index is 957. The molecule has 0 saturated carbocycles. The lowest BCUT2D eigenvalue weighted by atomic mass is 10.0. The first-order valence-electron chi connectivity index (χ1n) is 7.77. The molecule has 1 aromatic heterocycles. The van der Waals surface area contributed by atoms with Gasteiger partial charge < -0.3 is 0 Å². The monoisotopic (exact) mass is 314 g/mol. The van der Waals surface area contributed by atoms with Crippen molar-refractivity contribution in [3.63, 3.8) is 0 Å². The van der Waals surface area contributed by atoms with Gasteiger partial charge in [-0.1, -0.05) is 48.5 Å². The van der Waals surface area contributed by atoms with Gasteiger partial charge >= 0.3 is 0 Å². The molecule has 2 nitrogen and oxygen atoms in total. The molecule has 0 N–H and O–H groups in total. The number of rotatable bonds is 3. The molecule has 3 aromatic carbocycles. The number of halogens is 1. The normalized spacial score (nSPS) is 10.7. The number of para-hydroxylation sites is 1. The van der Waals surface area contributed by atoms with Crippen LogP contribution in [-0.2, 0) is 0 Å². The summed E-state index contributed by atoms with van der Waals surface area (Å²) in [6.45, 7) is 0. The van der Waals surface area contributed by atoms with Crippen LogP contribution in [0.5, 0.6) is 0 Å². The molecular formula is C21H15FN2. The molecular weight excluding hydrogens is 299 g/mol. The summed E-state index contributed by atoms with van der Waals surface area (Å²) in [5.74, 6) is 0.542. The highest BCUT2D eigenvalue weighted by molar-refractivity contribution is 5.74. The predicted molar refractivity (Wildman–Crippen MR) is 94.4 cm³/mol. The number of aromatic nitrogens is 2. The second kappa shape index (κ2) is 6.13. The molecule has 0 aliphatic carbocycles. The van der Waals surface area contributed by atoms with E-state index in [1.807, 2.05) is 41.1 Å². The summed E-state index contributed by atoms with van der Waals surface area (Å²) in [6, 6.07) is 24.9. The molecule has 0 bridgehead atoms. The third kappa shape index (κ3) is 2.61. The lowest BCUT2D eigenvalue weighted by Crippen LogP contribution is -1.98. The smallest absolute Gasteiger partial charge is 0.144 e. The van der Waals surface area contributed by atoms with Crippen LogP contribution in [0.15, 0.2) is 91.3 Å². The maximum absolute atomic E-state index is 13.2. The third-order valence-corrected chi connectivity index (χ3v) is 3.99. The molecule has 4 aromatic rings. The lowest BCUT2D eigenvalue weighted by Gasteiger charge is -2.13. The molecule has 3 heteroatoms. The highest BCUT2D eigenvalue weighted by Crippen LogP contribution is 2.30. The van der Waals surface area contributed by atoms with Gasteiger partial charge in [-0.25, -0.2) is 9.37 Å². The molecule has 24 heavy (non-hydrogen) atoms. The fourth-order valence-corrected chi connectivity index (χ4v) is 2.86. The summed E-state index contributed by atoms with van der Waals surface area (Å²) >= 11 is 0. The largest absolute Gasteiger partial charge is 0.299 e. The van der Waals surface area contributed by atoms with Crippen LogP contribution in [0.3, 0.4) is 0 Å². The first-order chi connectivity index (χ1) is 11.8. The van der Waals surface area contributed by atoms with Crippen molar-refractivity contribution in [3.8, 4) is 28.2 Å². The van der Waals surface area contributed by atoms with Crippen molar-refractivity contribution in [2.75, 3.05) is 0 Å². The molecule has 0 saturated heterocycles. The Morgan fingerprint density at radius 3 is 2.21 bits per heavy atom. The molecule has 0 radical (unpaired) electrons. The SMILES string of the molecule is Fc1ccc(-c2nccn2-c2ccccc2-c2ccccc2)cc1. The van der Waals surface area contributed by atoms with Gasteiger partial charge in [-0.2, -0.15) is 0 Å². The Hall–Kier alpha value is -3.20. The van der Waals surface area contributed by atoms with Crippen LogP contribution < -0.4 is 0 Å². The summed E-state index contributed by atoms with van der Waals surface area (Å²) in [5.41, 5.74) is 4.19. The highest BCUT2D eigenvalue weighted by Gasteiger charge is 2.12. The molecule has 1 heterocycles. The van der Waals surface area contributed by atoms with E-state index in [1.165, 1.54) is 12.1 Å².